The van der Waals surface area contributed by atoms with Crippen molar-refractivity contribution in [3.05, 3.63) is 37.1 Å². The first-order valence-corrected chi connectivity index (χ1v) is 5.48. The Hall–Kier alpha value is -1.51. The standard InChI is InChI=1S/C11H16O3.C2H6/c1-4-7-10(5-2)13-8-9-14-11(12)6-3;1-2/h4,6-7H,1,3,5,8-9H2,2H3;1-2H3/b10-7+;. The number of carbonyl (C=O) groups is 1. The summed E-state index contributed by atoms with van der Waals surface area (Å²) in [6.45, 7) is 13.4. The summed E-state index contributed by atoms with van der Waals surface area (Å²) in [5.74, 6) is 0.397. The van der Waals surface area contributed by atoms with E-state index in [9.17, 15) is 4.79 Å². The van der Waals surface area contributed by atoms with Crippen LogP contribution in [0, 0.1) is 0 Å². The summed E-state index contributed by atoms with van der Waals surface area (Å²) in [7, 11) is 0. The topological polar surface area (TPSA) is 35.5 Å². The van der Waals surface area contributed by atoms with Gasteiger partial charge in [-0.05, 0) is 6.08 Å². The molecule has 0 aliphatic heterocycles. The maximum absolute atomic E-state index is 10.6. The molecule has 0 rings (SSSR count). The maximum Gasteiger partial charge on any atom is 0.330 e. The van der Waals surface area contributed by atoms with Crippen molar-refractivity contribution in [3.8, 4) is 0 Å². The molecular weight excluding hydrogens is 204 g/mol. The molecule has 0 aromatic carbocycles. The molecule has 0 spiro atoms. The molecule has 0 aliphatic carbocycles. The SMILES string of the molecule is C=C/C=C(\CC)OCCOC(=O)C=C.CC. The van der Waals surface area contributed by atoms with Crippen LogP contribution in [0.2, 0.25) is 0 Å². The van der Waals surface area contributed by atoms with Crippen LogP contribution < -0.4 is 0 Å². The lowest BCUT2D eigenvalue weighted by molar-refractivity contribution is -0.138. The van der Waals surface area contributed by atoms with Crippen molar-refractivity contribution in [2.45, 2.75) is 27.2 Å². The molecule has 0 N–H and O–H groups in total. The number of hydrogen-bond acceptors (Lipinski definition) is 3. The lowest BCUT2D eigenvalue weighted by Gasteiger charge is -2.07. The molecule has 0 atom stereocenters. The first kappa shape index (κ1) is 16.9. The first-order chi connectivity index (χ1) is 7.74. The Balaban J connectivity index is 0. The van der Waals surface area contributed by atoms with Crippen molar-refractivity contribution < 1.29 is 14.3 Å². The van der Waals surface area contributed by atoms with E-state index in [-0.39, 0.29) is 6.61 Å². The number of allylic oxidation sites excluding steroid dienone is 3. The van der Waals surface area contributed by atoms with Crippen LogP contribution in [0.5, 0.6) is 0 Å². The second-order valence-electron chi connectivity index (χ2n) is 2.44. The van der Waals surface area contributed by atoms with Crippen LogP contribution in [-0.4, -0.2) is 19.2 Å². The molecule has 0 saturated heterocycles. The average Bonchev–Trinajstić information content (AvgIpc) is 2.35. The Labute approximate surface area is 98.4 Å². The smallest absolute Gasteiger partial charge is 0.330 e. The van der Waals surface area contributed by atoms with E-state index in [0.29, 0.717) is 6.61 Å². The molecule has 0 bridgehead atoms. The van der Waals surface area contributed by atoms with Gasteiger partial charge in [0.2, 0.25) is 0 Å². The van der Waals surface area contributed by atoms with Crippen LogP contribution in [0.25, 0.3) is 0 Å². The van der Waals surface area contributed by atoms with Gasteiger partial charge in [-0.2, -0.15) is 0 Å². The highest BCUT2D eigenvalue weighted by atomic mass is 16.6. The second-order valence-corrected chi connectivity index (χ2v) is 2.44. The van der Waals surface area contributed by atoms with Gasteiger partial charge in [0.1, 0.15) is 13.2 Å². The van der Waals surface area contributed by atoms with Gasteiger partial charge in [0.15, 0.2) is 0 Å². The third-order valence-electron chi connectivity index (χ3n) is 1.43. The minimum atomic E-state index is -0.431. The highest BCUT2D eigenvalue weighted by molar-refractivity contribution is 5.81. The third-order valence-corrected chi connectivity index (χ3v) is 1.43. The minimum Gasteiger partial charge on any atom is -0.494 e. The fourth-order valence-corrected chi connectivity index (χ4v) is 0.773. The van der Waals surface area contributed by atoms with Crippen LogP contribution in [0.3, 0.4) is 0 Å². The lowest BCUT2D eigenvalue weighted by atomic mass is 10.3. The Bertz CT molecular complexity index is 229. The van der Waals surface area contributed by atoms with E-state index >= 15 is 0 Å². The Morgan fingerprint density at radius 2 is 1.75 bits per heavy atom. The van der Waals surface area contributed by atoms with E-state index in [4.69, 9.17) is 9.47 Å². The maximum atomic E-state index is 10.6. The monoisotopic (exact) mass is 226 g/mol. The van der Waals surface area contributed by atoms with E-state index in [2.05, 4.69) is 13.2 Å². The van der Waals surface area contributed by atoms with Crippen LogP contribution in [0.1, 0.15) is 27.2 Å². The van der Waals surface area contributed by atoms with Gasteiger partial charge in [-0.1, -0.05) is 40.0 Å². The molecular formula is C13H22O3. The lowest BCUT2D eigenvalue weighted by Crippen LogP contribution is -2.07. The predicted octanol–water partition coefficient (Wildman–Crippen LogP) is 3.24. The molecule has 0 aromatic heterocycles. The summed E-state index contributed by atoms with van der Waals surface area (Å²) in [6.07, 6.45) is 5.37. The molecule has 92 valence electrons. The Morgan fingerprint density at radius 1 is 1.19 bits per heavy atom. The highest BCUT2D eigenvalue weighted by Crippen LogP contribution is 2.02. The Kier molecular flexibility index (Phi) is 14.3. The molecule has 3 heteroatoms. The van der Waals surface area contributed by atoms with Gasteiger partial charge in [0.05, 0.1) is 5.76 Å². The number of carbonyl (C=O) groups excluding carboxylic acids is 1. The highest BCUT2D eigenvalue weighted by Gasteiger charge is 1.96. The fraction of sp³-hybridized carbons (Fsp3) is 0.462. The van der Waals surface area contributed by atoms with Crippen molar-refractivity contribution in [1.82, 2.24) is 0 Å². The number of ether oxygens (including phenoxy) is 2. The van der Waals surface area contributed by atoms with Crippen molar-refractivity contribution in [2.24, 2.45) is 0 Å². The molecule has 0 heterocycles. The molecule has 16 heavy (non-hydrogen) atoms. The molecule has 0 saturated carbocycles. The molecule has 0 fully saturated rings. The summed E-state index contributed by atoms with van der Waals surface area (Å²) in [6, 6.07) is 0. The zero-order chi connectivity index (χ0) is 12.8. The number of rotatable bonds is 7. The fourth-order valence-electron chi connectivity index (χ4n) is 0.773. The van der Waals surface area contributed by atoms with Crippen molar-refractivity contribution >= 4 is 5.97 Å². The van der Waals surface area contributed by atoms with E-state index < -0.39 is 5.97 Å². The predicted molar refractivity (Wildman–Crippen MR) is 67.0 cm³/mol. The van der Waals surface area contributed by atoms with Gasteiger partial charge in [0.25, 0.3) is 0 Å². The second kappa shape index (κ2) is 13.5. The van der Waals surface area contributed by atoms with Gasteiger partial charge >= 0.3 is 5.97 Å². The minimum absolute atomic E-state index is 0.235. The largest absolute Gasteiger partial charge is 0.494 e. The summed E-state index contributed by atoms with van der Waals surface area (Å²) >= 11 is 0. The zero-order valence-electron chi connectivity index (χ0n) is 10.5. The van der Waals surface area contributed by atoms with Gasteiger partial charge in [-0.15, -0.1) is 0 Å². The van der Waals surface area contributed by atoms with Crippen LogP contribution >= 0.6 is 0 Å². The molecule has 0 aromatic rings. The number of hydrogen-bond donors (Lipinski definition) is 0. The van der Waals surface area contributed by atoms with Crippen molar-refractivity contribution in [3.63, 3.8) is 0 Å². The molecule has 0 radical (unpaired) electrons. The average molecular weight is 226 g/mol. The van der Waals surface area contributed by atoms with E-state index in [1.807, 2.05) is 20.8 Å². The van der Waals surface area contributed by atoms with E-state index in [0.717, 1.165) is 18.3 Å². The van der Waals surface area contributed by atoms with Gasteiger partial charge in [0, 0.05) is 12.5 Å². The normalized spacial score (nSPS) is 9.56. The number of esters is 1. The van der Waals surface area contributed by atoms with Crippen molar-refractivity contribution in [1.29, 1.82) is 0 Å². The molecule has 0 aliphatic rings. The summed E-state index contributed by atoms with van der Waals surface area (Å²) in [5.41, 5.74) is 0. The Morgan fingerprint density at radius 3 is 2.19 bits per heavy atom. The zero-order valence-corrected chi connectivity index (χ0v) is 10.5. The molecule has 3 nitrogen and oxygen atoms in total. The van der Waals surface area contributed by atoms with Gasteiger partial charge in [-0.3, -0.25) is 0 Å². The van der Waals surface area contributed by atoms with E-state index in [1.165, 1.54) is 0 Å². The quantitative estimate of drug-likeness (QED) is 0.220. The molecule has 0 unspecified atom stereocenters. The van der Waals surface area contributed by atoms with Crippen molar-refractivity contribution in [2.75, 3.05) is 13.2 Å². The first-order valence-electron chi connectivity index (χ1n) is 5.48. The van der Waals surface area contributed by atoms with Gasteiger partial charge in [-0.25, -0.2) is 4.79 Å². The molecule has 0 amide bonds. The van der Waals surface area contributed by atoms with Gasteiger partial charge < -0.3 is 9.47 Å². The summed E-state index contributed by atoms with van der Waals surface area (Å²) < 4.78 is 10.0. The van der Waals surface area contributed by atoms with E-state index in [1.54, 1.807) is 12.2 Å². The van der Waals surface area contributed by atoms with Crippen LogP contribution in [0.4, 0.5) is 0 Å². The summed E-state index contributed by atoms with van der Waals surface area (Å²) in [5, 5.41) is 0. The van der Waals surface area contributed by atoms with Crippen LogP contribution in [-0.2, 0) is 14.3 Å². The van der Waals surface area contributed by atoms with Crippen LogP contribution in [0.15, 0.2) is 37.1 Å². The summed E-state index contributed by atoms with van der Waals surface area (Å²) in [4.78, 5) is 10.6. The third kappa shape index (κ3) is 10.6.